The third-order valence-electron chi connectivity index (χ3n) is 1.26. The maximum absolute atomic E-state index is 10.9. The molecule has 0 saturated carbocycles. The molecule has 1 atom stereocenters. The third-order valence-corrected chi connectivity index (χ3v) is 1.71. The summed E-state index contributed by atoms with van der Waals surface area (Å²) in [5.74, 6) is 0.219. The second kappa shape index (κ2) is 4.74. The molecule has 1 unspecified atom stereocenters. The third kappa shape index (κ3) is 3.90. The van der Waals surface area contributed by atoms with Crippen molar-refractivity contribution in [3.63, 3.8) is 0 Å². The molecule has 0 aromatic rings. The monoisotopic (exact) mass is 161 g/mol. The number of rotatable bonds is 4. The molecular weight excluding hydrogens is 146 g/mol. The summed E-state index contributed by atoms with van der Waals surface area (Å²) in [6.45, 7) is 2.59. The molecule has 0 N–H and O–H groups in total. The van der Waals surface area contributed by atoms with E-state index in [4.69, 9.17) is 0 Å². The van der Waals surface area contributed by atoms with E-state index in [0.29, 0.717) is 6.42 Å². The van der Waals surface area contributed by atoms with Crippen LogP contribution in [0.1, 0.15) is 13.3 Å². The van der Waals surface area contributed by atoms with Crippen LogP contribution < -0.4 is 0 Å². The first-order chi connectivity index (χ1) is 4.57. The Hall–Kier alpha value is -0.0200. The van der Waals surface area contributed by atoms with Crippen LogP contribution in [-0.4, -0.2) is 36.6 Å². The van der Waals surface area contributed by atoms with Gasteiger partial charge in [-0.25, -0.2) is 0 Å². The molecule has 0 aromatic carbocycles. The highest BCUT2D eigenvalue weighted by molar-refractivity contribution is 7.81. The summed E-state index contributed by atoms with van der Waals surface area (Å²) < 4.78 is 0. The van der Waals surface area contributed by atoms with Gasteiger partial charge in [-0.05, 0) is 14.1 Å². The molecule has 0 aliphatic carbocycles. The molecule has 0 aliphatic heterocycles. The molecule has 2 nitrogen and oxygen atoms in total. The van der Waals surface area contributed by atoms with Gasteiger partial charge in [0, 0.05) is 13.0 Å². The van der Waals surface area contributed by atoms with Gasteiger partial charge < -0.3 is 4.90 Å². The van der Waals surface area contributed by atoms with Crippen LogP contribution in [-0.2, 0) is 4.79 Å². The Morgan fingerprint density at radius 2 is 2.10 bits per heavy atom. The Labute approximate surface area is 68.0 Å². The molecular formula is C7H15NOS. The van der Waals surface area contributed by atoms with Crippen molar-refractivity contribution in [1.82, 2.24) is 4.90 Å². The van der Waals surface area contributed by atoms with Crippen LogP contribution in [0.2, 0.25) is 0 Å². The molecule has 0 rings (SSSR count). The van der Waals surface area contributed by atoms with Crippen LogP contribution in [0.15, 0.2) is 0 Å². The van der Waals surface area contributed by atoms with Gasteiger partial charge in [-0.1, -0.05) is 6.92 Å². The lowest BCUT2D eigenvalue weighted by Gasteiger charge is -2.13. The molecule has 60 valence electrons. The number of carbonyl (C=O) groups is 1. The van der Waals surface area contributed by atoms with Crippen LogP contribution >= 0.6 is 12.6 Å². The summed E-state index contributed by atoms with van der Waals surface area (Å²) >= 11 is 4.15. The zero-order chi connectivity index (χ0) is 8.15. The van der Waals surface area contributed by atoms with Crippen molar-refractivity contribution < 1.29 is 4.79 Å². The van der Waals surface area contributed by atoms with Crippen molar-refractivity contribution in [2.45, 2.75) is 18.6 Å². The highest BCUT2D eigenvalue weighted by Crippen LogP contribution is 2.00. The fraction of sp³-hybridized carbons (Fsp3) is 0.857. The molecule has 0 aromatic heterocycles. The molecule has 0 radical (unpaired) electrons. The van der Waals surface area contributed by atoms with Crippen molar-refractivity contribution in [3.05, 3.63) is 0 Å². The first-order valence-corrected chi connectivity index (χ1v) is 3.95. The average molecular weight is 161 g/mol. The lowest BCUT2D eigenvalue weighted by molar-refractivity contribution is -0.118. The smallest absolute Gasteiger partial charge is 0.146 e. The molecule has 0 aliphatic rings. The van der Waals surface area contributed by atoms with E-state index in [0.717, 1.165) is 6.54 Å². The highest BCUT2D eigenvalue weighted by atomic mass is 32.1. The number of Topliss-reactive ketones (excluding diaryl/α,β-unsaturated/α-hetero) is 1. The van der Waals surface area contributed by atoms with Gasteiger partial charge in [-0.2, -0.15) is 12.6 Å². The largest absolute Gasteiger partial charge is 0.308 e. The van der Waals surface area contributed by atoms with E-state index in [-0.39, 0.29) is 11.0 Å². The molecule has 0 heterocycles. The Morgan fingerprint density at radius 3 is 2.40 bits per heavy atom. The minimum atomic E-state index is -0.111. The van der Waals surface area contributed by atoms with Crippen LogP contribution in [0, 0.1) is 0 Å². The Bertz CT molecular complexity index is 114. The molecule has 0 amide bonds. The first-order valence-electron chi connectivity index (χ1n) is 3.43. The van der Waals surface area contributed by atoms with E-state index in [1.165, 1.54) is 0 Å². The van der Waals surface area contributed by atoms with Crippen molar-refractivity contribution in [2.24, 2.45) is 0 Å². The van der Waals surface area contributed by atoms with Gasteiger partial charge in [0.25, 0.3) is 0 Å². The van der Waals surface area contributed by atoms with E-state index >= 15 is 0 Å². The Kier molecular flexibility index (Phi) is 4.73. The normalized spacial score (nSPS) is 13.7. The highest BCUT2D eigenvalue weighted by Gasteiger charge is 2.11. The lowest BCUT2D eigenvalue weighted by Crippen LogP contribution is -2.28. The van der Waals surface area contributed by atoms with Crippen LogP contribution in [0.5, 0.6) is 0 Å². The number of carbonyl (C=O) groups excluding carboxylic acids is 1. The molecule has 0 fully saturated rings. The van der Waals surface area contributed by atoms with Gasteiger partial charge in [0.2, 0.25) is 0 Å². The van der Waals surface area contributed by atoms with Gasteiger partial charge in [0.1, 0.15) is 5.78 Å². The van der Waals surface area contributed by atoms with E-state index in [9.17, 15) is 4.79 Å². The van der Waals surface area contributed by atoms with Crippen LogP contribution in [0.4, 0.5) is 0 Å². The summed E-state index contributed by atoms with van der Waals surface area (Å²) in [7, 11) is 3.87. The predicted molar refractivity (Wildman–Crippen MR) is 46.6 cm³/mol. The maximum atomic E-state index is 10.9. The molecule has 0 bridgehead atoms. The zero-order valence-electron chi connectivity index (χ0n) is 6.79. The van der Waals surface area contributed by atoms with Crippen molar-refractivity contribution >= 4 is 18.4 Å². The summed E-state index contributed by atoms with van der Waals surface area (Å²) in [5.41, 5.74) is 0. The first kappa shape index (κ1) is 9.98. The summed E-state index contributed by atoms with van der Waals surface area (Å²) in [6.07, 6.45) is 0.585. The van der Waals surface area contributed by atoms with E-state index in [1.54, 1.807) is 0 Å². The molecule has 3 heteroatoms. The Balaban J connectivity index is 3.61. The quantitative estimate of drug-likeness (QED) is 0.616. The zero-order valence-corrected chi connectivity index (χ0v) is 7.69. The Morgan fingerprint density at radius 1 is 1.60 bits per heavy atom. The van der Waals surface area contributed by atoms with Crippen molar-refractivity contribution in [1.29, 1.82) is 0 Å². The van der Waals surface area contributed by atoms with Gasteiger partial charge in [-0.15, -0.1) is 0 Å². The van der Waals surface area contributed by atoms with Crippen molar-refractivity contribution in [3.8, 4) is 0 Å². The fourth-order valence-electron chi connectivity index (χ4n) is 0.683. The molecule has 0 saturated heterocycles. The van der Waals surface area contributed by atoms with E-state index in [2.05, 4.69) is 12.6 Å². The minimum Gasteiger partial charge on any atom is -0.308 e. The lowest BCUT2D eigenvalue weighted by atomic mass is 10.2. The molecule has 0 spiro atoms. The summed E-state index contributed by atoms with van der Waals surface area (Å²) in [5, 5.41) is -0.111. The van der Waals surface area contributed by atoms with Gasteiger partial charge >= 0.3 is 0 Å². The second-order valence-electron chi connectivity index (χ2n) is 2.60. The fourth-order valence-corrected chi connectivity index (χ4v) is 1.19. The number of ketones is 1. The van der Waals surface area contributed by atoms with Gasteiger partial charge in [-0.3, -0.25) is 4.79 Å². The summed E-state index contributed by atoms with van der Waals surface area (Å²) in [6, 6.07) is 0. The van der Waals surface area contributed by atoms with Gasteiger partial charge in [0.05, 0.1) is 5.25 Å². The average Bonchev–Trinajstić information content (AvgIpc) is 1.85. The number of nitrogens with zero attached hydrogens (tertiary/aromatic N) is 1. The van der Waals surface area contributed by atoms with E-state index in [1.807, 2.05) is 25.9 Å². The van der Waals surface area contributed by atoms with E-state index < -0.39 is 0 Å². The number of hydrogen-bond donors (Lipinski definition) is 1. The molecule has 10 heavy (non-hydrogen) atoms. The minimum absolute atomic E-state index is 0.111. The number of hydrogen-bond acceptors (Lipinski definition) is 3. The van der Waals surface area contributed by atoms with Crippen LogP contribution in [0.3, 0.4) is 0 Å². The topological polar surface area (TPSA) is 20.3 Å². The SMILES string of the molecule is CCC(=O)C(S)CN(C)C. The number of thiol groups is 1. The standard InChI is InChI=1S/C7H15NOS/c1-4-6(9)7(10)5-8(2)3/h7,10H,4-5H2,1-3H3. The predicted octanol–water partition coefficient (Wildman–Crippen LogP) is 0.826. The van der Waals surface area contributed by atoms with Crippen molar-refractivity contribution in [2.75, 3.05) is 20.6 Å². The maximum Gasteiger partial charge on any atom is 0.146 e. The second-order valence-corrected chi connectivity index (χ2v) is 3.22. The summed E-state index contributed by atoms with van der Waals surface area (Å²) in [4.78, 5) is 12.9. The van der Waals surface area contributed by atoms with Gasteiger partial charge in [0.15, 0.2) is 0 Å². The van der Waals surface area contributed by atoms with Crippen LogP contribution in [0.25, 0.3) is 0 Å².